The van der Waals surface area contributed by atoms with Crippen molar-refractivity contribution in [1.82, 2.24) is 0 Å². The molecular formula is C15H12Br2ClNO. The van der Waals surface area contributed by atoms with Crippen molar-refractivity contribution in [2.75, 3.05) is 0 Å². The van der Waals surface area contributed by atoms with Gasteiger partial charge in [0.2, 0.25) is 0 Å². The Labute approximate surface area is 139 Å². The van der Waals surface area contributed by atoms with Gasteiger partial charge >= 0.3 is 0 Å². The molecule has 2 aromatic rings. The highest BCUT2D eigenvalue weighted by molar-refractivity contribution is 9.10. The monoisotopic (exact) mass is 415 g/mol. The Balaban J connectivity index is 1.97. The molecule has 1 aliphatic rings. The third-order valence-corrected chi connectivity index (χ3v) is 4.83. The van der Waals surface area contributed by atoms with Crippen LogP contribution in [0, 0.1) is 0 Å². The smallest absolute Gasteiger partial charge is 0.127 e. The van der Waals surface area contributed by atoms with Gasteiger partial charge < -0.3 is 10.5 Å². The fourth-order valence-electron chi connectivity index (χ4n) is 2.43. The summed E-state index contributed by atoms with van der Waals surface area (Å²) in [6, 6.07) is 11.6. The molecule has 2 N–H and O–H groups in total. The predicted octanol–water partition coefficient (Wildman–Crippen LogP) is 5.39. The van der Waals surface area contributed by atoms with Crippen LogP contribution in [0.4, 0.5) is 0 Å². The molecule has 0 aromatic heterocycles. The normalized spacial score (nSPS) is 21.2. The van der Waals surface area contributed by atoms with E-state index in [2.05, 4.69) is 31.9 Å². The van der Waals surface area contributed by atoms with Crippen LogP contribution in [0.1, 0.15) is 29.7 Å². The maximum Gasteiger partial charge on any atom is 0.127 e. The lowest BCUT2D eigenvalue weighted by Gasteiger charge is -2.31. The van der Waals surface area contributed by atoms with E-state index >= 15 is 0 Å². The topological polar surface area (TPSA) is 35.2 Å². The van der Waals surface area contributed by atoms with Gasteiger partial charge in [-0.2, -0.15) is 0 Å². The van der Waals surface area contributed by atoms with Crippen molar-refractivity contribution in [3.05, 3.63) is 61.5 Å². The summed E-state index contributed by atoms with van der Waals surface area (Å²) in [6.45, 7) is 0. The van der Waals surface area contributed by atoms with Crippen LogP contribution in [0.3, 0.4) is 0 Å². The van der Waals surface area contributed by atoms with Crippen LogP contribution in [0.2, 0.25) is 5.02 Å². The Morgan fingerprint density at radius 1 is 1.10 bits per heavy atom. The summed E-state index contributed by atoms with van der Waals surface area (Å²) in [5.74, 6) is 0.846. The number of hydrogen-bond donors (Lipinski definition) is 1. The van der Waals surface area contributed by atoms with Gasteiger partial charge in [-0.1, -0.05) is 49.5 Å². The molecule has 0 aliphatic carbocycles. The van der Waals surface area contributed by atoms with Crippen molar-refractivity contribution in [3.63, 3.8) is 0 Å². The third-order valence-electron chi connectivity index (χ3n) is 3.42. The number of hydrogen-bond acceptors (Lipinski definition) is 2. The van der Waals surface area contributed by atoms with Crippen molar-refractivity contribution in [1.29, 1.82) is 0 Å². The zero-order valence-electron chi connectivity index (χ0n) is 10.4. The number of fused-ring (bicyclic) bond motifs is 1. The van der Waals surface area contributed by atoms with Crippen LogP contribution < -0.4 is 10.5 Å². The second kappa shape index (κ2) is 5.68. The van der Waals surface area contributed by atoms with E-state index < -0.39 is 0 Å². The lowest BCUT2D eigenvalue weighted by Crippen LogP contribution is -2.24. The molecule has 1 aliphatic heterocycles. The molecule has 3 rings (SSSR count). The van der Waals surface area contributed by atoms with Crippen LogP contribution >= 0.6 is 43.5 Å². The van der Waals surface area contributed by atoms with Crippen molar-refractivity contribution < 1.29 is 4.74 Å². The molecule has 0 bridgehead atoms. The van der Waals surface area contributed by atoms with E-state index in [-0.39, 0.29) is 12.1 Å². The summed E-state index contributed by atoms with van der Waals surface area (Å²) in [4.78, 5) is 0. The SMILES string of the molecule is NC1CC(c2ccc(Cl)cc2Br)Oc2ccc(Br)cc21. The second-order valence-electron chi connectivity index (χ2n) is 4.80. The zero-order chi connectivity index (χ0) is 14.3. The molecular weight excluding hydrogens is 405 g/mol. The Morgan fingerprint density at radius 2 is 1.90 bits per heavy atom. The van der Waals surface area contributed by atoms with Gasteiger partial charge in [-0.3, -0.25) is 0 Å². The first-order valence-electron chi connectivity index (χ1n) is 6.21. The molecule has 2 atom stereocenters. The van der Waals surface area contributed by atoms with E-state index in [0.29, 0.717) is 5.02 Å². The first kappa shape index (κ1) is 14.4. The Bertz CT molecular complexity index is 662. The van der Waals surface area contributed by atoms with Crippen LogP contribution in [-0.2, 0) is 0 Å². The molecule has 104 valence electrons. The number of benzene rings is 2. The van der Waals surface area contributed by atoms with Gasteiger partial charge in [0.25, 0.3) is 0 Å². The van der Waals surface area contributed by atoms with Crippen LogP contribution in [0.5, 0.6) is 5.75 Å². The molecule has 0 amide bonds. The van der Waals surface area contributed by atoms with Crippen molar-refractivity contribution in [2.45, 2.75) is 18.6 Å². The minimum absolute atomic E-state index is 0.0381. The van der Waals surface area contributed by atoms with Crippen molar-refractivity contribution >= 4 is 43.5 Å². The average molecular weight is 418 g/mol. The van der Waals surface area contributed by atoms with Gasteiger partial charge in [-0.15, -0.1) is 0 Å². The summed E-state index contributed by atoms with van der Waals surface area (Å²) in [7, 11) is 0. The fourth-order valence-corrected chi connectivity index (χ4v) is 3.75. The van der Waals surface area contributed by atoms with Gasteiger partial charge in [-0.05, 0) is 30.3 Å². The summed E-state index contributed by atoms with van der Waals surface area (Å²) in [5, 5.41) is 0.699. The van der Waals surface area contributed by atoms with E-state index in [0.717, 1.165) is 32.2 Å². The maximum atomic E-state index is 6.28. The van der Waals surface area contributed by atoms with Gasteiger partial charge in [0.1, 0.15) is 11.9 Å². The van der Waals surface area contributed by atoms with Gasteiger partial charge in [0.05, 0.1) is 0 Å². The molecule has 0 saturated carbocycles. The molecule has 2 nitrogen and oxygen atoms in total. The van der Waals surface area contributed by atoms with Crippen molar-refractivity contribution in [2.24, 2.45) is 5.73 Å². The average Bonchev–Trinajstić information content (AvgIpc) is 2.39. The van der Waals surface area contributed by atoms with Gasteiger partial charge in [-0.25, -0.2) is 0 Å². The highest BCUT2D eigenvalue weighted by atomic mass is 79.9. The number of rotatable bonds is 1. The molecule has 2 unspecified atom stereocenters. The van der Waals surface area contributed by atoms with E-state index in [1.165, 1.54) is 0 Å². The molecule has 0 radical (unpaired) electrons. The second-order valence-corrected chi connectivity index (χ2v) is 7.00. The van der Waals surface area contributed by atoms with Crippen LogP contribution in [-0.4, -0.2) is 0 Å². The van der Waals surface area contributed by atoms with Crippen molar-refractivity contribution in [3.8, 4) is 5.75 Å². The zero-order valence-corrected chi connectivity index (χ0v) is 14.4. The minimum atomic E-state index is -0.0645. The molecule has 5 heteroatoms. The summed E-state index contributed by atoms with van der Waals surface area (Å²) in [6.07, 6.45) is 0.675. The minimum Gasteiger partial charge on any atom is -0.485 e. The summed E-state index contributed by atoms with van der Waals surface area (Å²) >= 11 is 13.0. The highest BCUT2D eigenvalue weighted by Crippen LogP contribution is 2.42. The molecule has 0 saturated heterocycles. The lowest BCUT2D eigenvalue weighted by atomic mass is 9.94. The quantitative estimate of drug-likeness (QED) is 0.675. The molecule has 0 spiro atoms. The van der Waals surface area contributed by atoms with Crippen LogP contribution in [0.25, 0.3) is 0 Å². The molecule has 0 fully saturated rings. The Kier molecular flexibility index (Phi) is 4.09. The van der Waals surface area contributed by atoms with E-state index in [1.54, 1.807) is 0 Å². The first-order chi connectivity index (χ1) is 9.54. The van der Waals surface area contributed by atoms with Gasteiger partial charge in [0, 0.05) is 37.6 Å². The molecule has 1 heterocycles. The third kappa shape index (κ3) is 2.75. The molecule has 20 heavy (non-hydrogen) atoms. The van der Waals surface area contributed by atoms with Gasteiger partial charge in [0.15, 0.2) is 0 Å². The Hall–Kier alpha value is -0.550. The lowest BCUT2D eigenvalue weighted by molar-refractivity contribution is 0.161. The summed E-state index contributed by atoms with van der Waals surface area (Å²) < 4.78 is 8.05. The van der Waals surface area contributed by atoms with Crippen LogP contribution in [0.15, 0.2) is 45.3 Å². The maximum absolute atomic E-state index is 6.28. The first-order valence-corrected chi connectivity index (χ1v) is 8.17. The Morgan fingerprint density at radius 3 is 2.65 bits per heavy atom. The largest absolute Gasteiger partial charge is 0.485 e. The fraction of sp³-hybridized carbons (Fsp3) is 0.200. The predicted molar refractivity (Wildman–Crippen MR) is 88.2 cm³/mol. The number of ether oxygens (including phenoxy) is 1. The number of nitrogens with two attached hydrogens (primary N) is 1. The van der Waals surface area contributed by atoms with E-state index in [4.69, 9.17) is 22.1 Å². The van der Waals surface area contributed by atoms with E-state index in [1.807, 2.05) is 36.4 Å². The number of halogens is 3. The highest BCUT2D eigenvalue weighted by Gasteiger charge is 2.28. The molecule has 2 aromatic carbocycles. The standard InChI is InChI=1S/C15H12Br2ClNO/c16-8-1-4-14-11(5-8)13(19)7-15(20-14)10-3-2-9(18)6-12(10)17/h1-6,13,15H,7,19H2. The summed E-state index contributed by atoms with van der Waals surface area (Å²) in [5.41, 5.74) is 8.39. The van der Waals surface area contributed by atoms with E-state index in [9.17, 15) is 0 Å².